The van der Waals surface area contributed by atoms with Gasteiger partial charge in [-0.15, -0.1) is 0 Å². The highest BCUT2D eigenvalue weighted by molar-refractivity contribution is 5.96. The number of amides is 1. The van der Waals surface area contributed by atoms with Crippen LogP contribution in [0.15, 0.2) is 36.6 Å². The summed E-state index contributed by atoms with van der Waals surface area (Å²) in [4.78, 5) is 22.4. The molecular formula is C21H33NO3. The van der Waals surface area contributed by atoms with Crippen molar-refractivity contribution in [2.24, 2.45) is 5.92 Å². The van der Waals surface area contributed by atoms with Crippen molar-refractivity contribution in [2.45, 2.75) is 52.9 Å². The average Bonchev–Trinajstić information content (AvgIpc) is 2.61. The molecule has 4 nitrogen and oxygen atoms in total. The number of hydrogen-bond acceptors (Lipinski definition) is 3. The van der Waals surface area contributed by atoms with Gasteiger partial charge in [-0.25, -0.2) is 0 Å². The van der Waals surface area contributed by atoms with Gasteiger partial charge in [0.1, 0.15) is 0 Å². The molecule has 0 heterocycles. The predicted molar refractivity (Wildman–Crippen MR) is 104 cm³/mol. The maximum Gasteiger partial charge on any atom is 0.220 e. The predicted octanol–water partition coefficient (Wildman–Crippen LogP) is 4.71. The summed E-state index contributed by atoms with van der Waals surface area (Å²) in [7, 11) is 3.17. The molecule has 1 amide bonds. The van der Waals surface area contributed by atoms with Gasteiger partial charge in [0.2, 0.25) is 5.91 Å². The summed E-state index contributed by atoms with van der Waals surface area (Å²) >= 11 is 0. The topological polar surface area (TPSA) is 55.4 Å². The summed E-state index contributed by atoms with van der Waals surface area (Å²) in [6.45, 7) is 11.9. The summed E-state index contributed by atoms with van der Waals surface area (Å²) in [5, 5.41) is 2.54. The van der Waals surface area contributed by atoms with Gasteiger partial charge in [0.25, 0.3) is 0 Å². The van der Waals surface area contributed by atoms with E-state index in [1.807, 2.05) is 38.1 Å². The normalized spacial score (nSPS) is 11.2. The van der Waals surface area contributed by atoms with Gasteiger partial charge in [-0.05, 0) is 17.9 Å². The zero-order valence-corrected chi connectivity index (χ0v) is 16.5. The van der Waals surface area contributed by atoms with Crippen LogP contribution in [-0.4, -0.2) is 25.8 Å². The monoisotopic (exact) mass is 347 g/mol. The van der Waals surface area contributed by atoms with Crippen molar-refractivity contribution in [1.82, 2.24) is 5.32 Å². The molecule has 1 aromatic rings. The lowest BCUT2D eigenvalue weighted by molar-refractivity contribution is -0.121. The summed E-state index contributed by atoms with van der Waals surface area (Å²) in [6.07, 6.45) is 2.01. The minimum absolute atomic E-state index is 0.00991. The van der Waals surface area contributed by atoms with Gasteiger partial charge in [-0.2, -0.15) is 0 Å². The molecule has 0 aliphatic rings. The van der Waals surface area contributed by atoms with E-state index in [4.69, 9.17) is 4.74 Å². The van der Waals surface area contributed by atoms with E-state index in [-0.39, 0.29) is 17.6 Å². The molecule has 0 aliphatic heterocycles. The SMILES string of the molecule is C=C(OC)C(C)CC(=O)NC.CCCC(=O)c1ccc(C(C)C)cc1. The summed E-state index contributed by atoms with van der Waals surface area (Å²) in [6, 6.07) is 7.97. The maximum atomic E-state index is 11.5. The third kappa shape index (κ3) is 9.08. The molecule has 4 heteroatoms. The van der Waals surface area contributed by atoms with Crippen LogP contribution < -0.4 is 5.32 Å². The average molecular weight is 347 g/mol. The second kappa shape index (κ2) is 12.3. The van der Waals surface area contributed by atoms with E-state index in [9.17, 15) is 9.59 Å². The zero-order valence-electron chi connectivity index (χ0n) is 16.5. The Hall–Kier alpha value is -2.10. The number of nitrogens with one attached hydrogen (secondary N) is 1. The van der Waals surface area contributed by atoms with E-state index < -0.39 is 0 Å². The highest BCUT2D eigenvalue weighted by Crippen LogP contribution is 2.15. The number of carbonyl (C=O) groups excluding carboxylic acids is 2. The number of allylic oxidation sites excluding steroid dienone is 1. The fraction of sp³-hybridized carbons (Fsp3) is 0.524. The van der Waals surface area contributed by atoms with Crippen molar-refractivity contribution in [3.8, 4) is 0 Å². The third-order valence-corrected chi connectivity index (χ3v) is 3.96. The minimum Gasteiger partial charge on any atom is -0.501 e. The quantitative estimate of drug-likeness (QED) is 0.547. The van der Waals surface area contributed by atoms with Crippen LogP contribution in [-0.2, 0) is 9.53 Å². The molecule has 1 rings (SSSR count). The lowest BCUT2D eigenvalue weighted by Crippen LogP contribution is -2.21. The van der Waals surface area contributed by atoms with Gasteiger partial charge >= 0.3 is 0 Å². The second-order valence-electron chi connectivity index (χ2n) is 6.40. The summed E-state index contributed by atoms with van der Waals surface area (Å²) in [5.41, 5.74) is 2.13. The molecule has 0 aliphatic carbocycles. The van der Waals surface area contributed by atoms with Gasteiger partial charge in [-0.3, -0.25) is 9.59 Å². The van der Waals surface area contributed by atoms with E-state index in [0.29, 0.717) is 24.5 Å². The molecule has 0 bridgehead atoms. The molecule has 0 spiro atoms. The number of ether oxygens (including phenoxy) is 1. The Bertz CT molecular complexity index is 547. The number of benzene rings is 1. The van der Waals surface area contributed by atoms with Crippen molar-refractivity contribution >= 4 is 11.7 Å². The van der Waals surface area contributed by atoms with Crippen LogP contribution in [0.3, 0.4) is 0 Å². The van der Waals surface area contributed by atoms with Crippen molar-refractivity contribution in [1.29, 1.82) is 0 Å². The Kier molecular flexibility index (Phi) is 11.3. The minimum atomic E-state index is 0.00991. The molecule has 0 saturated heterocycles. The molecule has 0 saturated carbocycles. The molecule has 0 fully saturated rings. The highest BCUT2D eigenvalue weighted by Gasteiger charge is 2.10. The van der Waals surface area contributed by atoms with E-state index in [1.165, 1.54) is 5.56 Å². The van der Waals surface area contributed by atoms with Crippen LogP contribution in [0.5, 0.6) is 0 Å². The summed E-state index contributed by atoms with van der Waals surface area (Å²) in [5.74, 6) is 1.53. The zero-order chi connectivity index (χ0) is 19.4. The number of rotatable bonds is 8. The smallest absolute Gasteiger partial charge is 0.220 e. The molecule has 1 N–H and O–H groups in total. The van der Waals surface area contributed by atoms with Crippen LogP contribution in [0.4, 0.5) is 0 Å². The Balaban J connectivity index is 0.000000477. The second-order valence-corrected chi connectivity index (χ2v) is 6.40. The van der Waals surface area contributed by atoms with Crippen molar-refractivity contribution in [3.63, 3.8) is 0 Å². The number of ketones is 1. The molecule has 140 valence electrons. The van der Waals surface area contributed by atoms with Crippen LogP contribution in [0.1, 0.15) is 68.8 Å². The first-order valence-electron chi connectivity index (χ1n) is 8.83. The largest absolute Gasteiger partial charge is 0.501 e. The van der Waals surface area contributed by atoms with Gasteiger partial charge in [0, 0.05) is 31.4 Å². The molecule has 0 radical (unpaired) electrons. The fourth-order valence-electron chi connectivity index (χ4n) is 2.12. The summed E-state index contributed by atoms with van der Waals surface area (Å²) < 4.78 is 4.88. The first-order chi connectivity index (χ1) is 11.8. The van der Waals surface area contributed by atoms with Crippen LogP contribution in [0.2, 0.25) is 0 Å². The lowest BCUT2D eigenvalue weighted by Gasteiger charge is -2.11. The van der Waals surface area contributed by atoms with Gasteiger partial charge in [-0.1, -0.05) is 58.5 Å². The molecule has 25 heavy (non-hydrogen) atoms. The molecule has 0 aromatic heterocycles. The molecular weight excluding hydrogens is 314 g/mol. The first-order valence-corrected chi connectivity index (χ1v) is 8.83. The van der Waals surface area contributed by atoms with Gasteiger partial charge in [0.15, 0.2) is 5.78 Å². The van der Waals surface area contributed by atoms with Crippen LogP contribution >= 0.6 is 0 Å². The van der Waals surface area contributed by atoms with Crippen molar-refractivity contribution in [2.75, 3.05) is 14.2 Å². The van der Waals surface area contributed by atoms with Crippen molar-refractivity contribution < 1.29 is 14.3 Å². The molecule has 1 atom stereocenters. The molecule has 1 unspecified atom stereocenters. The molecule has 1 aromatic carbocycles. The lowest BCUT2D eigenvalue weighted by atomic mass is 9.99. The Morgan fingerprint density at radius 1 is 1.16 bits per heavy atom. The number of carbonyl (C=O) groups is 2. The Morgan fingerprint density at radius 3 is 2.12 bits per heavy atom. The Labute approximate surface area is 152 Å². The van der Waals surface area contributed by atoms with E-state index in [1.54, 1.807) is 14.2 Å². The number of hydrogen-bond donors (Lipinski definition) is 1. The fourth-order valence-corrected chi connectivity index (χ4v) is 2.12. The first kappa shape index (κ1) is 22.9. The standard InChI is InChI=1S/C13H18O.C8H15NO2/c1-4-5-13(14)12-8-6-11(7-9-12)10(2)3;1-6(7(2)11-4)5-8(10)9-3/h6-10H,4-5H2,1-3H3;6H,2,5H2,1,3-4H3,(H,9,10). The van der Waals surface area contributed by atoms with Gasteiger partial charge < -0.3 is 10.1 Å². The number of methoxy groups -OCH3 is 1. The Morgan fingerprint density at radius 2 is 1.72 bits per heavy atom. The van der Waals surface area contributed by atoms with Crippen LogP contribution in [0, 0.1) is 5.92 Å². The van der Waals surface area contributed by atoms with E-state index >= 15 is 0 Å². The van der Waals surface area contributed by atoms with Crippen LogP contribution in [0.25, 0.3) is 0 Å². The van der Waals surface area contributed by atoms with E-state index in [2.05, 4.69) is 25.7 Å². The van der Waals surface area contributed by atoms with Gasteiger partial charge in [0.05, 0.1) is 12.9 Å². The third-order valence-electron chi connectivity index (χ3n) is 3.96. The van der Waals surface area contributed by atoms with Crippen molar-refractivity contribution in [3.05, 3.63) is 47.7 Å². The number of Topliss-reactive ketones (excluding diaryl/α,β-unsaturated/α-hetero) is 1. The maximum absolute atomic E-state index is 11.5. The van der Waals surface area contributed by atoms with E-state index in [0.717, 1.165) is 12.0 Å². The highest BCUT2D eigenvalue weighted by atomic mass is 16.5.